The molecule has 2 fully saturated rings. The van der Waals surface area contributed by atoms with Gasteiger partial charge in [-0.2, -0.15) is 0 Å². The monoisotopic (exact) mass is 368 g/mol. The van der Waals surface area contributed by atoms with E-state index in [1.807, 2.05) is 18.2 Å². The molecule has 1 saturated carbocycles. The van der Waals surface area contributed by atoms with Gasteiger partial charge in [0.15, 0.2) is 0 Å². The maximum absolute atomic E-state index is 12.8. The van der Waals surface area contributed by atoms with Gasteiger partial charge in [-0.05, 0) is 62.4 Å². The van der Waals surface area contributed by atoms with E-state index >= 15 is 0 Å². The third-order valence-corrected chi connectivity index (χ3v) is 6.39. The van der Waals surface area contributed by atoms with Gasteiger partial charge in [-0.25, -0.2) is 0 Å². The largest absolute Gasteiger partial charge is 0.359 e. The molecule has 1 saturated heterocycles. The second kappa shape index (κ2) is 8.07. The highest BCUT2D eigenvalue weighted by Gasteiger charge is 2.39. The first-order valence-corrected chi connectivity index (χ1v) is 9.78. The van der Waals surface area contributed by atoms with Gasteiger partial charge in [0.25, 0.3) is 0 Å². The van der Waals surface area contributed by atoms with Crippen LogP contribution in [0.1, 0.15) is 50.0 Å². The van der Waals surface area contributed by atoms with E-state index in [2.05, 4.69) is 10.2 Å². The van der Waals surface area contributed by atoms with Crippen LogP contribution in [0.4, 0.5) is 0 Å². The Hall–Kier alpha value is -0.770. The number of halogens is 2. The van der Waals surface area contributed by atoms with Gasteiger partial charge >= 0.3 is 0 Å². The molecule has 0 radical (unpaired) electrons. The van der Waals surface area contributed by atoms with E-state index in [0.717, 1.165) is 12.0 Å². The summed E-state index contributed by atoms with van der Waals surface area (Å²) < 4.78 is 0. The fraction of sp³-hybridized carbons (Fsp3) is 0.632. The van der Waals surface area contributed by atoms with E-state index in [9.17, 15) is 4.79 Å². The van der Waals surface area contributed by atoms with Crippen LogP contribution < -0.4 is 5.32 Å². The maximum Gasteiger partial charge on any atom is 0.227 e. The quantitative estimate of drug-likeness (QED) is 0.849. The van der Waals surface area contributed by atoms with Crippen molar-refractivity contribution in [2.75, 3.05) is 20.1 Å². The molecule has 2 aliphatic rings. The van der Waals surface area contributed by atoms with Crippen LogP contribution in [0.15, 0.2) is 18.2 Å². The minimum atomic E-state index is -0.157. The van der Waals surface area contributed by atoms with E-state index in [1.165, 1.54) is 45.2 Å². The molecule has 0 aromatic heterocycles. The Bertz CT molecular complexity index is 587. The fourth-order valence-corrected chi connectivity index (χ4v) is 4.82. The Morgan fingerprint density at radius 1 is 1.12 bits per heavy atom. The second-order valence-electron chi connectivity index (χ2n) is 7.02. The average molecular weight is 369 g/mol. The molecule has 3 unspecified atom stereocenters. The highest BCUT2D eigenvalue weighted by molar-refractivity contribution is 6.42. The van der Waals surface area contributed by atoms with E-state index in [4.69, 9.17) is 23.2 Å². The summed E-state index contributed by atoms with van der Waals surface area (Å²) in [6.45, 7) is 2.34. The van der Waals surface area contributed by atoms with Gasteiger partial charge in [0.1, 0.15) is 0 Å². The molecule has 3 rings (SSSR count). The first-order chi connectivity index (χ1) is 11.6. The Morgan fingerprint density at radius 2 is 1.83 bits per heavy atom. The van der Waals surface area contributed by atoms with Crippen LogP contribution in [-0.2, 0) is 4.79 Å². The zero-order valence-electron chi connectivity index (χ0n) is 14.2. The molecule has 132 valence electrons. The van der Waals surface area contributed by atoms with Crippen molar-refractivity contribution in [1.29, 1.82) is 0 Å². The molecule has 1 aliphatic carbocycles. The smallest absolute Gasteiger partial charge is 0.227 e. The first-order valence-electron chi connectivity index (χ1n) is 9.02. The number of likely N-dealkylation sites (N-methyl/N-ethyl adjacent to an activating group) is 1. The average Bonchev–Trinajstić information content (AvgIpc) is 3.13. The first kappa shape index (κ1) is 18.0. The van der Waals surface area contributed by atoms with Gasteiger partial charge in [-0.1, -0.05) is 42.1 Å². The number of likely N-dealkylation sites (tertiary alicyclic amines) is 1. The molecule has 5 heteroatoms. The van der Waals surface area contributed by atoms with Crippen LogP contribution in [0, 0.1) is 5.92 Å². The van der Waals surface area contributed by atoms with Crippen LogP contribution in [0.2, 0.25) is 10.0 Å². The predicted octanol–water partition coefficient (Wildman–Crippen LogP) is 4.48. The van der Waals surface area contributed by atoms with Crippen LogP contribution in [0.3, 0.4) is 0 Å². The molecule has 24 heavy (non-hydrogen) atoms. The summed E-state index contributed by atoms with van der Waals surface area (Å²) in [5.74, 6) is 0.272. The van der Waals surface area contributed by atoms with E-state index in [0.29, 0.717) is 22.0 Å². The molecule has 0 spiro atoms. The minimum absolute atomic E-state index is 0.0875. The summed E-state index contributed by atoms with van der Waals surface area (Å²) in [6, 6.07) is 6.14. The maximum atomic E-state index is 12.8. The topological polar surface area (TPSA) is 32.3 Å². The molecule has 0 bridgehead atoms. The molecule has 1 N–H and O–H groups in total. The number of amides is 1. The molecule has 1 aromatic carbocycles. The van der Waals surface area contributed by atoms with Gasteiger partial charge in [0, 0.05) is 13.1 Å². The number of rotatable bonds is 4. The lowest BCUT2D eigenvalue weighted by Crippen LogP contribution is -2.46. The summed E-state index contributed by atoms with van der Waals surface area (Å²) in [6.07, 6.45) is 7.31. The normalized spacial score (nSPS) is 26.3. The number of nitrogens with one attached hydrogen (secondary N) is 1. The van der Waals surface area contributed by atoms with Gasteiger partial charge in [0.05, 0.1) is 16.0 Å². The SMILES string of the molecule is CNC(=O)C(c1ccc(Cl)c(Cl)c1)C1CCCCC1N1CCCC1. The Labute approximate surface area is 154 Å². The van der Waals surface area contributed by atoms with Crippen molar-refractivity contribution >= 4 is 29.1 Å². The predicted molar refractivity (Wildman–Crippen MR) is 99.8 cm³/mol. The van der Waals surface area contributed by atoms with E-state index < -0.39 is 0 Å². The molecular weight excluding hydrogens is 343 g/mol. The van der Waals surface area contributed by atoms with Crippen molar-refractivity contribution in [3.05, 3.63) is 33.8 Å². The van der Waals surface area contributed by atoms with Crippen LogP contribution >= 0.6 is 23.2 Å². The molecule has 3 atom stereocenters. The van der Waals surface area contributed by atoms with Gasteiger partial charge in [-0.3, -0.25) is 4.79 Å². The Morgan fingerprint density at radius 3 is 2.50 bits per heavy atom. The van der Waals surface area contributed by atoms with E-state index in [-0.39, 0.29) is 11.8 Å². The fourth-order valence-electron chi connectivity index (χ4n) is 4.51. The third kappa shape index (κ3) is 3.74. The third-order valence-electron chi connectivity index (χ3n) is 5.65. The number of benzene rings is 1. The van der Waals surface area contributed by atoms with E-state index in [1.54, 1.807) is 7.05 Å². The lowest BCUT2D eigenvalue weighted by molar-refractivity contribution is -0.124. The molecule has 3 nitrogen and oxygen atoms in total. The summed E-state index contributed by atoms with van der Waals surface area (Å²) >= 11 is 12.3. The van der Waals surface area contributed by atoms with Crippen LogP contribution in [0.5, 0.6) is 0 Å². The summed E-state index contributed by atoms with van der Waals surface area (Å²) in [5, 5.41) is 3.93. The van der Waals surface area contributed by atoms with Crippen molar-refractivity contribution in [2.45, 2.75) is 50.5 Å². The molecule has 1 heterocycles. The zero-order chi connectivity index (χ0) is 17.1. The standard InChI is InChI=1S/C19H26Cl2N2O/c1-22-19(24)18(13-8-9-15(20)16(21)12-13)14-6-2-3-7-17(14)23-10-4-5-11-23/h8-9,12,14,17-18H,2-7,10-11H2,1H3,(H,22,24). The number of hydrogen-bond acceptors (Lipinski definition) is 2. The number of carbonyl (C=O) groups is 1. The highest BCUT2D eigenvalue weighted by Crippen LogP contribution is 2.41. The Balaban J connectivity index is 1.93. The van der Waals surface area contributed by atoms with Gasteiger partial charge < -0.3 is 10.2 Å². The number of nitrogens with zero attached hydrogens (tertiary/aromatic N) is 1. The summed E-state index contributed by atoms with van der Waals surface area (Å²) in [5.41, 5.74) is 0.986. The lowest BCUT2D eigenvalue weighted by Gasteiger charge is -2.41. The Kier molecular flexibility index (Phi) is 6.07. The van der Waals surface area contributed by atoms with Crippen molar-refractivity contribution in [1.82, 2.24) is 10.2 Å². The minimum Gasteiger partial charge on any atom is -0.359 e. The summed E-state index contributed by atoms with van der Waals surface area (Å²) in [4.78, 5) is 15.4. The van der Waals surface area contributed by atoms with Gasteiger partial charge in [-0.15, -0.1) is 0 Å². The zero-order valence-corrected chi connectivity index (χ0v) is 15.7. The van der Waals surface area contributed by atoms with Gasteiger partial charge in [0.2, 0.25) is 5.91 Å². The van der Waals surface area contributed by atoms with Crippen molar-refractivity contribution in [2.24, 2.45) is 5.92 Å². The summed E-state index contributed by atoms with van der Waals surface area (Å²) in [7, 11) is 1.72. The van der Waals surface area contributed by atoms with Crippen molar-refractivity contribution in [3.63, 3.8) is 0 Å². The molecule has 1 amide bonds. The van der Waals surface area contributed by atoms with Crippen molar-refractivity contribution < 1.29 is 4.79 Å². The van der Waals surface area contributed by atoms with Crippen LogP contribution in [0.25, 0.3) is 0 Å². The highest BCUT2D eigenvalue weighted by atomic mass is 35.5. The molecule has 1 aromatic rings. The second-order valence-corrected chi connectivity index (χ2v) is 7.84. The number of carbonyl (C=O) groups excluding carboxylic acids is 1. The lowest BCUT2D eigenvalue weighted by atomic mass is 9.72. The molecule has 1 aliphatic heterocycles. The molecular formula is C19H26Cl2N2O. The van der Waals surface area contributed by atoms with Crippen molar-refractivity contribution in [3.8, 4) is 0 Å². The van der Waals surface area contributed by atoms with Crippen LogP contribution in [-0.4, -0.2) is 37.0 Å². The number of hydrogen-bond donors (Lipinski definition) is 1.